The number of ether oxygens (including phenoxy) is 2. The van der Waals surface area contributed by atoms with Crippen molar-refractivity contribution in [2.45, 2.75) is 12.2 Å². The van der Waals surface area contributed by atoms with Crippen LogP contribution in [-0.2, 0) is 9.47 Å². The van der Waals surface area contributed by atoms with Gasteiger partial charge in [-0.3, -0.25) is 10.6 Å². The minimum Gasteiger partial charge on any atom is -0.377 e. The first-order chi connectivity index (χ1) is 9.19. The van der Waals surface area contributed by atoms with Crippen molar-refractivity contribution in [2.75, 3.05) is 32.7 Å². The van der Waals surface area contributed by atoms with Gasteiger partial charge in [0, 0.05) is 27.3 Å². The van der Waals surface area contributed by atoms with Gasteiger partial charge in [-0.15, -0.1) is 0 Å². The quantitative estimate of drug-likeness (QED) is 0.582. The smallest absolute Gasteiger partial charge is 0.272 e. The molecule has 2 rings (SSSR count). The molecule has 19 heavy (non-hydrogen) atoms. The number of amides is 1. The number of carbonyl (C=O) groups excluding carboxylic acids is 1. The van der Waals surface area contributed by atoms with Crippen LogP contribution in [0.3, 0.4) is 0 Å². The van der Waals surface area contributed by atoms with E-state index in [0.29, 0.717) is 24.5 Å². The molecular weight excluding hydrogens is 248 g/mol. The Morgan fingerprint density at radius 1 is 1.37 bits per heavy atom. The summed E-state index contributed by atoms with van der Waals surface area (Å²) >= 11 is 0. The van der Waals surface area contributed by atoms with Crippen molar-refractivity contribution in [3.05, 3.63) is 24.0 Å². The average Bonchev–Trinajstić information content (AvgIpc) is 2.89. The summed E-state index contributed by atoms with van der Waals surface area (Å²) in [6, 6.07) is 3.34. The van der Waals surface area contributed by atoms with E-state index >= 15 is 0 Å². The lowest BCUT2D eigenvalue weighted by atomic mass is 10.3. The van der Waals surface area contributed by atoms with Gasteiger partial charge in [-0.05, 0) is 12.1 Å². The van der Waals surface area contributed by atoms with E-state index in [1.807, 2.05) is 0 Å². The predicted octanol–water partition coefficient (Wildman–Crippen LogP) is -0.147. The number of pyridine rings is 1. The number of hydrogen-bond acceptors (Lipinski definition) is 6. The van der Waals surface area contributed by atoms with E-state index in [1.165, 1.54) is 6.20 Å². The summed E-state index contributed by atoms with van der Waals surface area (Å²) in [4.78, 5) is 18.0. The molecule has 0 radical (unpaired) electrons. The molecule has 1 aliphatic rings. The van der Waals surface area contributed by atoms with E-state index < -0.39 is 0 Å². The van der Waals surface area contributed by atoms with E-state index in [4.69, 9.17) is 15.3 Å². The van der Waals surface area contributed by atoms with Crippen LogP contribution in [0.5, 0.6) is 0 Å². The lowest BCUT2D eigenvalue weighted by Crippen LogP contribution is -2.30. The van der Waals surface area contributed by atoms with Gasteiger partial charge in [-0.25, -0.2) is 4.98 Å². The molecule has 1 aliphatic heterocycles. The Kier molecular flexibility index (Phi) is 4.31. The molecule has 0 aliphatic carbocycles. The molecule has 3 N–H and O–H groups in total. The Balaban J connectivity index is 2.07. The summed E-state index contributed by atoms with van der Waals surface area (Å²) in [5.74, 6) is 5.12. The lowest BCUT2D eigenvalue weighted by Gasteiger charge is -2.15. The molecule has 104 valence electrons. The number of aromatic nitrogens is 1. The number of hydrogen-bond donors (Lipinski definition) is 2. The van der Waals surface area contributed by atoms with Crippen LogP contribution in [-0.4, -0.2) is 55.3 Å². The molecule has 1 saturated heterocycles. The van der Waals surface area contributed by atoms with Crippen molar-refractivity contribution in [1.29, 1.82) is 0 Å². The molecule has 0 spiro atoms. The Bertz CT molecular complexity index is 425. The third-order valence-corrected chi connectivity index (χ3v) is 3.26. The summed E-state index contributed by atoms with van der Waals surface area (Å²) in [6.45, 7) is 1.01. The Morgan fingerprint density at radius 2 is 2.00 bits per heavy atom. The minimum absolute atomic E-state index is 0.0982. The van der Waals surface area contributed by atoms with Crippen molar-refractivity contribution in [1.82, 2.24) is 9.88 Å². The number of nitrogen functional groups attached to an aromatic ring is 1. The highest BCUT2D eigenvalue weighted by atomic mass is 16.5. The second kappa shape index (κ2) is 5.96. The van der Waals surface area contributed by atoms with E-state index in [2.05, 4.69) is 10.4 Å². The zero-order valence-corrected chi connectivity index (χ0v) is 11.0. The second-order valence-corrected chi connectivity index (χ2v) is 4.33. The number of rotatable bonds is 4. The summed E-state index contributed by atoms with van der Waals surface area (Å²) < 4.78 is 10.6. The zero-order chi connectivity index (χ0) is 13.8. The molecule has 2 atom stereocenters. The van der Waals surface area contributed by atoms with Gasteiger partial charge in [-0.2, -0.15) is 0 Å². The number of nitrogens with two attached hydrogens (primary N) is 1. The first-order valence-electron chi connectivity index (χ1n) is 5.97. The summed E-state index contributed by atoms with van der Waals surface area (Å²) in [6.07, 6.45) is 1.32. The minimum atomic E-state index is -0.134. The number of nitrogens with one attached hydrogen (secondary N) is 1. The van der Waals surface area contributed by atoms with Gasteiger partial charge in [0.2, 0.25) is 0 Å². The molecule has 1 amide bonds. The molecule has 0 saturated carbocycles. The van der Waals surface area contributed by atoms with Crippen LogP contribution in [0.2, 0.25) is 0 Å². The Hall–Kier alpha value is -1.70. The van der Waals surface area contributed by atoms with Crippen molar-refractivity contribution >= 4 is 11.6 Å². The van der Waals surface area contributed by atoms with Gasteiger partial charge in [-0.1, -0.05) is 0 Å². The summed E-state index contributed by atoms with van der Waals surface area (Å²) in [7, 11) is 3.23. The molecule has 1 aromatic heterocycles. The van der Waals surface area contributed by atoms with Crippen LogP contribution in [0.4, 0.5) is 5.69 Å². The zero-order valence-electron chi connectivity index (χ0n) is 11.0. The van der Waals surface area contributed by atoms with Gasteiger partial charge in [0.15, 0.2) is 0 Å². The summed E-state index contributed by atoms with van der Waals surface area (Å²) in [5.41, 5.74) is 3.50. The molecule has 7 nitrogen and oxygen atoms in total. The number of nitrogens with zero attached hydrogens (tertiary/aromatic N) is 2. The molecule has 2 heterocycles. The van der Waals surface area contributed by atoms with Crippen LogP contribution in [0.15, 0.2) is 18.3 Å². The number of carbonyl (C=O) groups is 1. The molecule has 7 heteroatoms. The molecule has 1 fully saturated rings. The van der Waals surface area contributed by atoms with Crippen LogP contribution in [0.1, 0.15) is 10.5 Å². The molecule has 0 bridgehead atoms. The Labute approximate surface area is 111 Å². The van der Waals surface area contributed by atoms with Crippen molar-refractivity contribution < 1.29 is 14.3 Å². The van der Waals surface area contributed by atoms with E-state index in [9.17, 15) is 4.79 Å². The first kappa shape index (κ1) is 13.7. The van der Waals surface area contributed by atoms with E-state index in [-0.39, 0.29) is 18.1 Å². The van der Waals surface area contributed by atoms with Gasteiger partial charge in [0.05, 0.1) is 11.9 Å². The number of anilines is 1. The van der Waals surface area contributed by atoms with Gasteiger partial charge in [0.25, 0.3) is 5.91 Å². The average molecular weight is 266 g/mol. The van der Waals surface area contributed by atoms with Gasteiger partial charge < -0.3 is 19.8 Å². The number of hydrazine groups is 1. The standard InChI is InChI=1S/C12H18N4O3/c1-18-10-6-16(7-11(10)19-2)12(17)9-4-3-8(15-13)5-14-9/h3-5,10-11,15H,6-7,13H2,1-2H3. The van der Waals surface area contributed by atoms with Crippen LogP contribution < -0.4 is 11.3 Å². The fraction of sp³-hybridized carbons (Fsp3) is 0.500. The molecule has 2 unspecified atom stereocenters. The first-order valence-corrected chi connectivity index (χ1v) is 5.97. The highest BCUT2D eigenvalue weighted by Gasteiger charge is 2.36. The van der Waals surface area contributed by atoms with Crippen molar-refractivity contribution in [3.63, 3.8) is 0 Å². The second-order valence-electron chi connectivity index (χ2n) is 4.33. The highest BCUT2D eigenvalue weighted by molar-refractivity contribution is 5.92. The predicted molar refractivity (Wildman–Crippen MR) is 69.5 cm³/mol. The van der Waals surface area contributed by atoms with Gasteiger partial charge >= 0.3 is 0 Å². The summed E-state index contributed by atoms with van der Waals surface area (Å²) in [5, 5.41) is 0. The topological polar surface area (TPSA) is 89.7 Å². The number of methoxy groups -OCH3 is 2. The molecule has 1 aromatic rings. The fourth-order valence-corrected chi connectivity index (χ4v) is 2.13. The highest BCUT2D eigenvalue weighted by Crippen LogP contribution is 2.18. The van der Waals surface area contributed by atoms with E-state index in [1.54, 1.807) is 31.3 Å². The Morgan fingerprint density at radius 3 is 2.42 bits per heavy atom. The fourth-order valence-electron chi connectivity index (χ4n) is 2.13. The van der Waals surface area contributed by atoms with Crippen molar-refractivity contribution in [2.24, 2.45) is 5.84 Å². The van der Waals surface area contributed by atoms with E-state index in [0.717, 1.165) is 0 Å². The SMILES string of the molecule is COC1CN(C(=O)c2ccc(NN)cn2)CC1OC. The van der Waals surface area contributed by atoms with Crippen LogP contribution in [0.25, 0.3) is 0 Å². The van der Waals surface area contributed by atoms with Crippen LogP contribution >= 0.6 is 0 Å². The maximum absolute atomic E-state index is 12.3. The molecule has 0 aromatic carbocycles. The lowest BCUT2D eigenvalue weighted by molar-refractivity contribution is -0.00461. The van der Waals surface area contributed by atoms with Crippen LogP contribution in [0, 0.1) is 0 Å². The number of likely N-dealkylation sites (tertiary alicyclic amines) is 1. The maximum atomic E-state index is 12.3. The largest absolute Gasteiger partial charge is 0.377 e. The third-order valence-electron chi connectivity index (χ3n) is 3.26. The monoisotopic (exact) mass is 266 g/mol. The third kappa shape index (κ3) is 2.83. The van der Waals surface area contributed by atoms with Gasteiger partial charge in [0.1, 0.15) is 17.9 Å². The normalized spacial score (nSPS) is 22.6. The maximum Gasteiger partial charge on any atom is 0.272 e. The van der Waals surface area contributed by atoms with Crippen molar-refractivity contribution in [3.8, 4) is 0 Å². The molecular formula is C12H18N4O3.